The highest BCUT2D eigenvalue weighted by Crippen LogP contribution is 2.38. The van der Waals surface area contributed by atoms with E-state index in [9.17, 15) is 8.78 Å². The Hall–Kier alpha value is -1.33. The molecule has 1 aliphatic heterocycles. The van der Waals surface area contributed by atoms with Crippen LogP contribution in [0.5, 0.6) is 5.75 Å². The average molecular weight is 361 g/mol. The van der Waals surface area contributed by atoms with Crippen LogP contribution in [-0.4, -0.2) is 6.54 Å². The van der Waals surface area contributed by atoms with Crippen LogP contribution < -0.4 is 10.1 Å². The molecular weight excluding hydrogens is 352 g/mol. The van der Waals surface area contributed by atoms with Crippen molar-refractivity contribution in [2.45, 2.75) is 6.10 Å². The SMILES string of the molecule is Fc1cc2c(cc1Cl)NCC(c1cc(Br)ccc1F)O2. The number of anilines is 1. The standard InChI is InChI=1S/C14H9BrClF2NO/c15-7-1-2-10(17)8(3-7)14-6-19-12-4-9(16)11(18)5-13(12)20-14/h1-5,14,19H,6H2. The zero-order chi connectivity index (χ0) is 14.3. The molecule has 0 fully saturated rings. The number of hydrogen-bond acceptors (Lipinski definition) is 2. The van der Waals surface area contributed by atoms with Gasteiger partial charge < -0.3 is 10.1 Å². The van der Waals surface area contributed by atoms with E-state index < -0.39 is 11.9 Å². The fraction of sp³-hybridized carbons (Fsp3) is 0.143. The third-order valence-electron chi connectivity index (χ3n) is 3.07. The third-order valence-corrected chi connectivity index (χ3v) is 3.86. The van der Waals surface area contributed by atoms with E-state index in [1.54, 1.807) is 12.1 Å². The van der Waals surface area contributed by atoms with E-state index >= 15 is 0 Å². The van der Waals surface area contributed by atoms with Crippen molar-refractivity contribution in [2.24, 2.45) is 0 Å². The number of nitrogens with one attached hydrogen (secondary N) is 1. The predicted molar refractivity (Wildman–Crippen MR) is 77.4 cm³/mol. The van der Waals surface area contributed by atoms with Crippen LogP contribution in [0.2, 0.25) is 5.02 Å². The molecule has 20 heavy (non-hydrogen) atoms. The molecule has 0 spiro atoms. The molecule has 2 aromatic carbocycles. The first-order valence-corrected chi connectivity index (χ1v) is 7.06. The second kappa shape index (κ2) is 5.22. The van der Waals surface area contributed by atoms with Crippen LogP contribution in [0, 0.1) is 11.6 Å². The van der Waals surface area contributed by atoms with Gasteiger partial charge in [-0.05, 0) is 24.3 Å². The molecule has 3 rings (SSSR count). The van der Waals surface area contributed by atoms with Gasteiger partial charge in [0.25, 0.3) is 0 Å². The third kappa shape index (κ3) is 2.47. The highest BCUT2D eigenvalue weighted by molar-refractivity contribution is 9.10. The first-order chi connectivity index (χ1) is 9.54. The molecule has 6 heteroatoms. The molecule has 0 amide bonds. The number of rotatable bonds is 1. The summed E-state index contributed by atoms with van der Waals surface area (Å²) in [6, 6.07) is 7.29. The summed E-state index contributed by atoms with van der Waals surface area (Å²) in [7, 11) is 0. The monoisotopic (exact) mass is 359 g/mol. The van der Waals surface area contributed by atoms with Gasteiger partial charge in [0.05, 0.1) is 17.3 Å². The van der Waals surface area contributed by atoms with Crippen molar-refractivity contribution in [1.29, 1.82) is 0 Å². The first kappa shape index (κ1) is 13.6. The summed E-state index contributed by atoms with van der Waals surface area (Å²) in [5.74, 6) is -0.608. The van der Waals surface area contributed by atoms with E-state index in [1.807, 2.05) is 0 Å². The first-order valence-electron chi connectivity index (χ1n) is 5.89. The Morgan fingerprint density at radius 2 is 2.00 bits per heavy atom. The highest BCUT2D eigenvalue weighted by atomic mass is 79.9. The van der Waals surface area contributed by atoms with Gasteiger partial charge in [-0.15, -0.1) is 0 Å². The molecule has 104 valence electrons. The smallest absolute Gasteiger partial charge is 0.146 e. The Bertz CT molecular complexity index is 680. The summed E-state index contributed by atoms with van der Waals surface area (Å²) in [6.07, 6.45) is -0.527. The molecule has 0 bridgehead atoms. The van der Waals surface area contributed by atoms with E-state index in [-0.39, 0.29) is 10.8 Å². The molecule has 1 N–H and O–H groups in total. The predicted octanol–water partition coefficient (Wildman–Crippen LogP) is 4.93. The number of halogens is 4. The lowest BCUT2D eigenvalue weighted by molar-refractivity contribution is 0.204. The Kier molecular flexibility index (Phi) is 3.56. The van der Waals surface area contributed by atoms with Gasteiger partial charge in [-0.2, -0.15) is 0 Å². The second-order valence-electron chi connectivity index (χ2n) is 4.42. The molecule has 0 saturated heterocycles. The van der Waals surface area contributed by atoms with Crippen LogP contribution in [-0.2, 0) is 0 Å². The van der Waals surface area contributed by atoms with Gasteiger partial charge in [-0.3, -0.25) is 0 Å². The minimum Gasteiger partial charge on any atom is -0.481 e. The second-order valence-corrected chi connectivity index (χ2v) is 5.74. The quantitative estimate of drug-likeness (QED) is 0.779. The summed E-state index contributed by atoms with van der Waals surface area (Å²) < 4.78 is 33.7. The fourth-order valence-electron chi connectivity index (χ4n) is 2.10. The Morgan fingerprint density at radius 1 is 1.20 bits per heavy atom. The van der Waals surface area contributed by atoms with Crippen LogP contribution in [0.25, 0.3) is 0 Å². The number of benzene rings is 2. The maximum atomic E-state index is 13.8. The number of ether oxygens (including phenoxy) is 1. The molecule has 1 aliphatic rings. The van der Waals surface area contributed by atoms with Crippen molar-refractivity contribution in [3.8, 4) is 5.75 Å². The maximum absolute atomic E-state index is 13.8. The van der Waals surface area contributed by atoms with Crippen LogP contribution in [0.15, 0.2) is 34.8 Å². The molecular formula is C14H9BrClF2NO. The minimum absolute atomic E-state index is 0.0203. The van der Waals surface area contributed by atoms with E-state index in [4.69, 9.17) is 16.3 Å². The largest absolute Gasteiger partial charge is 0.481 e. The topological polar surface area (TPSA) is 21.3 Å². The number of fused-ring (bicyclic) bond motifs is 1. The Labute approximate surface area is 127 Å². The summed E-state index contributed by atoms with van der Waals surface area (Å²) in [5.41, 5.74) is 1.01. The van der Waals surface area contributed by atoms with Crippen LogP contribution in [0.1, 0.15) is 11.7 Å². The van der Waals surface area contributed by atoms with E-state index in [0.29, 0.717) is 23.5 Å². The van der Waals surface area contributed by atoms with Gasteiger partial charge in [0, 0.05) is 16.1 Å². The summed E-state index contributed by atoms with van der Waals surface area (Å²) in [4.78, 5) is 0. The zero-order valence-electron chi connectivity index (χ0n) is 10.1. The van der Waals surface area contributed by atoms with E-state index in [0.717, 1.165) is 4.47 Å². The van der Waals surface area contributed by atoms with Gasteiger partial charge >= 0.3 is 0 Å². The van der Waals surface area contributed by atoms with Crippen molar-refractivity contribution in [2.75, 3.05) is 11.9 Å². The van der Waals surface area contributed by atoms with Crippen molar-refractivity contribution in [3.05, 3.63) is 57.0 Å². The normalized spacial score (nSPS) is 17.1. The van der Waals surface area contributed by atoms with Crippen molar-refractivity contribution in [3.63, 3.8) is 0 Å². The maximum Gasteiger partial charge on any atom is 0.146 e. The lowest BCUT2D eigenvalue weighted by atomic mass is 10.1. The van der Waals surface area contributed by atoms with E-state index in [2.05, 4.69) is 21.2 Å². The lowest BCUT2D eigenvalue weighted by Gasteiger charge is -2.28. The number of hydrogen-bond donors (Lipinski definition) is 1. The molecule has 2 aromatic rings. The van der Waals surface area contributed by atoms with Gasteiger partial charge in [0.1, 0.15) is 23.5 Å². The lowest BCUT2D eigenvalue weighted by Crippen LogP contribution is -2.24. The van der Waals surface area contributed by atoms with Crippen molar-refractivity contribution in [1.82, 2.24) is 0 Å². The summed E-state index contributed by atoms with van der Waals surface area (Å²) >= 11 is 9.00. The van der Waals surface area contributed by atoms with Gasteiger partial charge in [0.15, 0.2) is 0 Å². The van der Waals surface area contributed by atoms with Crippen LogP contribution in [0.4, 0.5) is 14.5 Å². The molecule has 0 saturated carbocycles. The molecule has 1 heterocycles. The van der Waals surface area contributed by atoms with Gasteiger partial charge in [-0.25, -0.2) is 8.78 Å². The van der Waals surface area contributed by atoms with Gasteiger partial charge in [0.2, 0.25) is 0 Å². The molecule has 0 aromatic heterocycles. The zero-order valence-corrected chi connectivity index (χ0v) is 12.4. The van der Waals surface area contributed by atoms with E-state index in [1.165, 1.54) is 18.2 Å². The Morgan fingerprint density at radius 3 is 2.80 bits per heavy atom. The van der Waals surface area contributed by atoms with Crippen molar-refractivity contribution >= 4 is 33.2 Å². The Balaban J connectivity index is 1.96. The summed E-state index contributed by atoms with van der Waals surface area (Å²) in [5, 5.41) is 3.09. The molecule has 0 radical (unpaired) electrons. The minimum atomic E-state index is -0.567. The molecule has 1 unspecified atom stereocenters. The fourth-order valence-corrected chi connectivity index (χ4v) is 2.64. The molecule has 1 atom stereocenters. The summed E-state index contributed by atoms with van der Waals surface area (Å²) in [6.45, 7) is 0.377. The van der Waals surface area contributed by atoms with Crippen LogP contribution >= 0.6 is 27.5 Å². The molecule has 2 nitrogen and oxygen atoms in total. The van der Waals surface area contributed by atoms with Crippen LogP contribution in [0.3, 0.4) is 0 Å². The highest BCUT2D eigenvalue weighted by Gasteiger charge is 2.24. The average Bonchev–Trinajstić information content (AvgIpc) is 2.42. The molecule has 0 aliphatic carbocycles. The van der Waals surface area contributed by atoms with Crippen molar-refractivity contribution < 1.29 is 13.5 Å². The van der Waals surface area contributed by atoms with Gasteiger partial charge in [-0.1, -0.05) is 27.5 Å².